The summed E-state index contributed by atoms with van der Waals surface area (Å²) >= 11 is 5.18. The third kappa shape index (κ3) is 3.28. The fourth-order valence-electron chi connectivity index (χ4n) is 1.92. The van der Waals surface area contributed by atoms with Crippen molar-refractivity contribution in [3.63, 3.8) is 0 Å². The molecule has 0 aliphatic carbocycles. The first kappa shape index (κ1) is 11.6. The molecule has 84 valence electrons. The lowest BCUT2D eigenvalue weighted by molar-refractivity contribution is 0.129. The third-order valence-electron chi connectivity index (χ3n) is 2.74. The summed E-state index contributed by atoms with van der Waals surface area (Å²) in [5.74, 6) is 0.554. The molecule has 4 heteroatoms. The van der Waals surface area contributed by atoms with Crippen LogP contribution in [-0.2, 0) is 11.2 Å². The van der Waals surface area contributed by atoms with E-state index in [1.807, 2.05) is 11.4 Å². The molecule has 15 heavy (non-hydrogen) atoms. The van der Waals surface area contributed by atoms with Crippen molar-refractivity contribution in [2.75, 3.05) is 13.2 Å². The highest BCUT2D eigenvalue weighted by Crippen LogP contribution is 2.26. The zero-order valence-corrected chi connectivity index (χ0v) is 10.9. The molecule has 0 aromatic carbocycles. The minimum atomic E-state index is -0.230. The number of hydrogen-bond donors (Lipinski definition) is 1. The summed E-state index contributed by atoms with van der Waals surface area (Å²) in [7, 11) is 0. The van der Waals surface area contributed by atoms with Crippen LogP contribution in [0.1, 0.15) is 17.7 Å². The van der Waals surface area contributed by atoms with E-state index in [2.05, 4.69) is 15.9 Å². The Kier molecular flexibility index (Phi) is 4.20. The molecule has 0 radical (unpaired) electrons. The zero-order valence-electron chi connectivity index (χ0n) is 8.49. The van der Waals surface area contributed by atoms with Gasteiger partial charge in [0.05, 0.1) is 6.10 Å². The Morgan fingerprint density at radius 1 is 1.67 bits per heavy atom. The molecular formula is C11H15BrO2S. The molecule has 0 spiro atoms. The van der Waals surface area contributed by atoms with Crippen molar-refractivity contribution in [1.29, 1.82) is 0 Å². The molecule has 1 aliphatic rings. The van der Waals surface area contributed by atoms with Gasteiger partial charge in [-0.25, -0.2) is 0 Å². The van der Waals surface area contributed by atoms with Crippen molar-refractivity contribution in [2.45, 2.75) is 25.4 Å². The molecule has 0 bridgehead atoms. The molecule has 2 nitrogen and oxygen atoms in total. The highest BCUT2D eigenvalue weighted by atomic mass is 79.9. The lowest BCUT2D eigenvalue weighted by Crippen LogP contribution is -2.16. The lowest BCUT2D eigenvalue weighted by atomic mass is 9.99. The summed E-state index contributed by atoms with van der Waals surface area (Å²) in [6.07, 6.45) is 2.49. The molecule has 0 amide bonds. The minimum absolute atomic E-state index is 0.230. The van der Waals surface area contributed by atoms with Crippen molar-refractivity contribution >= 4 is 27.3 Å². The standard InChI is InChI=1S/C11H15BrO2S/c12-10-2-4-15-11(10)6-9(13)5-8-1-3-14-7-8/h2,4,8-9,13H,1,3,5-7H2. The van der Waals surface area contributed by atoms with Gasteiger partial charge in [0.25, 0.3) is 0 Å². The fourth-order valence-corrected chi connectivity index (χ4v) is 3.51. The van der Waals surface area contributed by atoms with Crippen molar-refractivity contribution in [3.05, 3.63) is 20.8 Å². The Balaban J connectivity index is 1.81. The van der Waals surface area contributed by atoms with Gasteiger partial charge in [0.2, 0.25) is 0 Å². The predicted octanol–water partition coefficient (Wildman–Crippen LogP) is 2.84. The van der Waals surface area contributed by atoms with Gasteiger partial charge < -0.3 is 9.84 Å². The second-order valence-electron chi connectivity index (χ2n) is 4.01. The van der Waals surface area contributed by atoms with Crippen molar-refractivity contribution in [2.24, 2.45) is 5.92 Å². The normalized spacial score (nSPS) is 23.2. The van der Waals surface area contributed by atoms with Gasteiger partial charge in [-0.2, -0.15) is 0 Å². The van der Waals surface area contributed by atoms with Crippen LogP contribution < -0.4 is 0 Å². The molecule has 1 saturated heterocycles. The molecule has 0 saturated carbocycles. The first-order valence-electron chi connectivity index (χ1n) is 5.23. The van der Waals surface area contributed by atoms with Gasteiger partial charge >= 0.3 is 0 Å². The summed E-state index contributed by atoms with van der Waals surface area (Å²) in [5, 5.41) is 12.0. The Labute approximate surface area is 102 Å². The maximum Gasteiger partial charge on any atom is 0.0592 e. The summed E-state index contributed by atoms with van der Waals surface area (Å²) in [5.41, 5.74) is 0. The second-order valence-corrected chi connectivity index (χ2v) is 5.87. The molecule has 2 atom stereocenters. The number of hydrogen-bond acceptors (Lipinski definition) is 3. The van der Waals surface area contributed by atoms with Gasteiger partial charge in [-0.15, -0.1) is 11.3 Å². The fraction of sp³-hybridized carbons (Fsp3) is 0.636. The monoisotopic (exact) mass is 290 g/mol. The van der Waals surface area contributed by atoms with E-state index in [0.717, 1.165) is 36.9 Å². The molecule has 1 fully saturated rings. The van der Waals surface area contributed by atoms with Crippen LogP contribution in [0.15, 0.2) is 15.9 Å². The topological polar surface area (TPSA) is 29.5 Å². The smallest absolute Gasteiger partial charge is 0.0592 e. The van der Waals surface area contributed by atoms with Gasteiger partial charge in [0.15, 0.2) is 0 Å². The number of aliphatic hydroxyl groups excluding tert-OH is 1. The molecule has 2 rings (SSSR count). The van der Waals surface area contributed by atoms with E-state index in [4.69, 9.17) is 4.74 Å². The second kappa shape index (κ2) is 5.43. The molecule has 2 heterocycles. The summed E-state index contributed by atoms with van der Waals surface area (Å²) in [6.45, 7) is 1.68. The van der Waals surface area contributed by atoms with Crippen LogP contribution in [0.2, 0.25) is 0 Å². The van der Waals surface area contributed by atoms with E-state index in [-0.39, 0.29) is 6.10 Å². The number of aliphatic hydroxyl groups is 1. The van der Waals surface area contributed by atoms with Crippen molar-refractivity contribution < 1.29 is 9.84 Å². The molecule has 1 aliphatic heterocycles. The predicted molar refractivity (Wildman–Crippen MR) is 65.3 cm³/mol. The number of halogens is 1. The van der Waals surface area contributed by atoms with E-state index < -0.39 is 0 Å². The number of ether oxygens (including phenoxy) is 1. The van der Waals surface area contributed by atoms with Crippen LogP contribution in [0.3, 0.4) is 0 Å². The van der Waals surface area contributed by atoms with Crippen molar-refractivity contribution in [1.82, 2.24) is 0 Å². The van der Waals surface area contributed by atoms with Gasteiger partial charge in [-0.3, -0.25) is 0 Å². The molecule has 1 aromatic rings. The van der Waals surface area contributed by atoms with E-state index >= 15 is 0 Å². The molecule has 1 aromatic heterocycles. The van der Waals surface area contributed by atoms with Gasteiger partial charge in [-0.1, -0.05) is 0 Å². The Morgan fingerprint density at radius 3 is 3.13 bits per heavy atom. The minimum Gasteiger partial charge on any atom is -0.393 e. The van der Waals surface area contributed by atoms with Crippen LogP contribution in [-0.4, -0.2) is 24.4 Å². The highest BCUT2D eigenvalue weighted by molar-refractivity contribution is 9.10. The third-order valence-corrected chi connectivity index (χ3v) is 4.69. The maximum atomic E-state index is 9.94. The quantitative estimate of drug-likeness (QED) is 0.924. The van der Waals surface area contributed by atoms with E-state index in [1.165, 1.54) is 4.88 Å². The van der Waals surface area contributed by atoms with Gasteiger partial charge in [0, 0.05) is 29.0 Å². The summed E-state index contributed by atoms with van der Waals surface area (Å²) in [6, 6.07) is 2.03. The highest BCUT2D eigenvalue weighted by Gasteiger charge is 2.20. The lowest BCUT2D eigenvalue weighted by Gasteiger charge is -2.13. The van der Waals surface area contributed by atoms with E-state index in [0.29, 0.717) is 5.92 Å². The zero-order chi connectivity index (χ0) is 10.7. The average Bonchev–Trinajstić information content (AvgIpc) is 2.79. The number of rotatable bonds is 4. The van der Waals surface area contributed by atoms with E-state index in [1.54, 1.807) is 11.3 Å². The first-order valence-corrected chi connectivity index (χ1v) is 6.90. The Hall–Kier alpha value is 0.1000. The summed E-state index contributed by atoms with van der Waals surface area (Å²) < 4.78 is 6.42. The van der Waals surface area contributed by atoms with E-state index in [9.17, 15) is 5.11 Å². The largest absolute Gasteiger partial charge is 0.393 e. The average molecular weight is 291 g/mol. The molecular weight excluding hydrogens is 276 g/mol. The van der Waals surface area contributed by atoms with Gasteiger partial charge in [-0.05, 0) is 46.1 Å². The van der Waals surface area contributed by atoms with Crippen molar-refractivity contribution in [3.8, 4) is 0 Å². The Morgan fingerprint density at radius 2 is 2.53 bits per heavy atom. The van der Waals surface area contributed by atoms with Crippen LogP contribution >= 0.6 is 27.3 Å². The first-order chi connectivity index (χ1) is 7.25. The Bertz CT molecular complexity index is 307. The van der Waals surface area contributed by atoms with Crippen LogP contribution in [0.4, 0.5) is 0 Å². The van der Waals surface area contributed by atoms with Crippen LogP contribution in [0.5, 0.6) is 0 Å². The SMILES string of the molecule is OC(Cc1sccc1Br)CC1CCOC1. The van der Waals surface area contributed by atoms with Gasteiger partial charge in [0.1, 0.15) is 0 Å². The van der Waals surface area contributed by atoms with Crippen LogP contribution in [0.25, 0.3) is 0 Å². The van der Waals surface area contributed by atoms with Crippen LogP contribution in [0, 0.1) is 5.92 Å². The molecule has 1 N–H and O–H groups in total. The number of thiophene rings is 1. The summed E-state index contributed by atoms with van der Waals surface area (Å²) in [4.78, 5) is 1.24. The maximum absolute atomic E-state index is 9.94. The molecule has 2 unspecified atom stereocenters.